The molecule has 0 spiro atoms. The first-order valence-corrected chi connectivity index (χ1v) is 9.62. The number of benzene rings is 2. The Balaban J connectivity index is 1.80. The second-order valence-corrected chi connectivity index (χ2v) is 7.29. The van der Waals surface area contributed by atoms with Crippen LogP contribution in [0.2, 0.25) is 10.0 Å². The minimum atomic E-state index is -0.627. The van der Waals surface area contributed by atoms with Crippen molar-refractivity contribution in [3.05, 3.63) is 76.0 Å². The summed E-state index contributed by atoms with van der Waals surface area (Å²) >= 11 is 12.4. The van der Waals surface area contributed by atoms with E-state index in [-0.39, 0.29) is 17.0 Å². The molecule has 0 radical (unpaired) electrons. The van der Waals surface area contributed by atoms with Crippen LogP contribution in [0.3, 0.4) is 0 Å². The first-order chi connectivity index (χ1) is 14.3. The lowest BCUT2D eigenvalue weighted by molar-refractivity contribution is -0.110. The maximum Gasteiger partial charge on any atom is 0.274 e. The molecular weight excluding hydrogens is 425 g/mol. The molecule has 154 valence electrons. The molecule has 6 N–H and O–H groups in total. The highest BCUT2D eigenvalue weighted by molar-refractivity contribution is 6.48. The van der Waals surface area contributed by atoms with Crippen molar-refractivity contribution in [1.29, 1.82) is 5.41 Å². The number of nitrogens with zero attached hydrogens (tertiary/aromatic N) is 1. The summed E-state index contributed by atoms with van der Waals surface area (Å²) in [6.45, 7) is 1.78. The van der Waals surface area contributed by atoms with Gasteiger partial charge in [-0.15, -0.1) is 0 Å². The predicted octanol–water partition coefficient (Wildman–Crippen LogP) is 4.70. The molecule has 7 nitrogen and oxygen atoms in total. The van der Waals surface area contributed by atoms with Crippen LogP contribution >= 0.6 is 23.2 Å². The number of hydrogen-bond donors (Lipinski definition) is 4. The number of amides is 1. The van der Waals surface area contributed by atoms with Gasteiger partial charge < -0.3 is 21.5 Å². The van der Waals surface area contributed by atoms with Gasteiger partial charge in [0.25, 0.3) is 5.91 Å². The molecule has 0 bridgehead atoms. The van der Waals surface area contributed by atoms with E-state index in [0.717, 1.165) is 0 Å². The fourth-order valence-corrected chi connectivity index (χ4v) is 3.50. The maximum atomic E-state index is 12.5. The Bertz CT molecular complexity index is 1100. The van der Waals surface area contributed by atoms with E-state index in [4.69, 9.17) is 44.8 Å². The van der Waals surface area contributed by atoms with Crippen LogP contribution in [0.5, 0.6) is 5.75 Å². The average molecular weight is 444 g/mol. The number of pyridine rings is 1. The molecule has 3 aromatic rings. The highest BCUT2D eigenvalue weighted by Crippen LogP contribution is 2.33. The van der Waals surface area contributed by atoms with E-state index in [1.807, 2.05) is 0 Å². The zero-order valence-corrected chi connectivity index (χ0v) is 17.5. The quantitative estimate of drug-likeness (QED) is 0.324. The zero-order chi connectivity index (χ0) is 21.8. The average Bonchev–Trinajstić information content (AvgIpc) is 2.68. The van der Waals surface area contributed by atoms with Gasteiger partial charge in [0.2, 0.25) is 0 Å². The van der Waals surface area contributed by atoms with E-state index >= 15 is 0 Å². The van der Waals surface area contributed by atoms with Crippen molar-refractivity contribution in [2.45, 2.75) is 13.0 Å². The molecule has 0 aliphatic carbocycles. The summed E-state index contributed by atoms with van der Waals surface area (Å²) in [6, 6.07) is 11.4. The smallest absolute Gasteiger partial charge is 0.274 e. The third-order valence-corrected chi connectivity index (χ3v) is 4.88. The highest BCUT2D eigenvalue weighted by Gasteiger charge is 2.19. The summed E-state index contributed by atoms with van der Waals surface area (Å²) in [5.74, 6) is -0.227. The molecular formula is C21H19Cl2N5O2. The lowest BCUT2D eigenvalue weighted by atomic mass is 10.1. The second-order valence-electron chi connectivity index (χ2n) is 6.48. The molecule has 3 rings (SSSR count). The zero-order valence-electron chi connectivity index (χ0n) is 15.9. The monoisotopic (exact) mass is 443 g/mol. The summed E-state index contributed by atoms with van der Waals surface area (Å²) in [4.78, 5) is 16.4. The fourth-order valence-electron chi connectivity index (χ4n) is 2.83. The lowest BCUT2D eigenvalue weighted by Gasteiger charge is -2.18. The molecule has 0 aliphatic heterocycles. The minimum Gasteiger partial charge on any atom is -0.486 e. The van der Waals surface area contributed by atoms with Crippen LogP contribution in [-0.4, -0.2) is 16.6 Å². The summed E-state index contributed by atoms with van der Waals surface area (Å²) in [5, 5.41) is 11.6. The third-order valence-electron chi connectivity index (χ3n) is 4.28. The van der Waals surface area contributed by atoms with Gasteiger partial charge in [-0.2, -0.15) is 0 Å². The Kier molecular flexibility index (Phi) is 6.44. The van der Waals surface area contributed by atoms with Crippen LogP contribution in [0.25, 0.3) is 0 Å². The Labute approximate surface area is 183 Å². The first kappa shape index (κ1) is 21.4. The van der Waals surface area contributed by atoms with Crippen molar-refractivity contribution in [3.8, 4) is 5.75 Å². The number of carbonyl (C=O) groups is 1. The van der Waals surface area contributed by atoms with E-state index in [1.54, 1.807) is 43.3 Å². The van der Waals surface area contributed by atoms with E-state index in [0.29, 0.717) is 32.7 Å². The summed E-state index contributed by atoms with van der Waals surface area (Å²) in [6.07, 6.45) is 2.46. The van der Waals surface area contributed by atoms with Crippen molar-refractivity contribution < 1.29 is 9.53 Å². The summed E-state index contributed by atoms with van der Waals surface area (Å²) < 4.78 is 5.92. The van der Waals surface area contributed by atoms with Crippen LogP contribution in [0, 0.1) is 5.41 Å². The predicted molar refractivity (Wildman–Crippen MR) is 120 cm³/mol. The van der Waals surface area contributed by atoms with Crippen molar-refractivity contribution in [2.75, 3.05) is 16.8 Å². The topological polar surface area (TPSA) is 127 Å². The van der Waals surface area contributed by atoms with Crippen LogP contribution in [0.1, 0.15) is 24.2 Å². The van der Waals surface area contributed by atoms with Crippen molar-refractivity contribution >= 4 is 51.9 Å². The molecule has 0 fully saturated rings. The number of anilines is 3. The first-order valence-electron chi connectivity index (χ1n) is 8.87. The third kappa shape index (κ3) is 4.82. The SMILES string of the molecule is CC(Oc1ccc(N)c(C(=N)C(=O)Nc2cccc(N)c2)c1)c1c(Cl)cncc1Cl. The molecule has 2 aromatic carbocycles. The van der Waals surface area contributed by atoms with Gasteiger partial charge in [0.1, 0.15) is 17.6 Å². The van der Waals surface area contributed by atoms with Crippen LogP contribution in [0.15, 0.2) is 54.9 Å². The van der Waals surface area contributed by atoms with Crippen molar-refractivity contribution in [2.24, 2.45) is 0 Å². The van der Waals surface area contributed by atoms with Gasteiger partial charge in [-0.05, 0) is 43.3 Å². The van der Waals surface area contributed by atoms with E-state index in [1.165, 1.54) is 18.5 Å². The number of carbonyl (C=O) groups excluding carboxylic acids is 1. The van der Waals surface area contributed by atoms with Gasteiger partial charge >= 0.3 is 0 Å². The largest absolute Gasteiger partial charge is 0.486 e. The molecule has 9 heteroatoms. The lowest BCUT2D eigenvalue weighted by Crippen LogP contribution is -2.24. The number of ether oxygens (including phenoxy) is 1. The number of nitrogens with two attached hydrogens (primary N) is 2. The summed E-state index contributed by atoms with van der Waals surface area (Å²) in [5.41, 5.74) is 13.4. The highest BCUT2D eigenvalue weighted by atomic mass is 35.5. The molecule has 0 aliphatic rings. The van der Waals surface area contributed by atoms with Gasteiger partial charge in [-0.3, -0.25) is 15.2 Å². The maximum absolute atomic E-state index is 12.5. The number of rotatable bonds is 6. The van der Waals surface area contributed by atoms with E-state index in [2.05, 4.69) is 10.3 Å². The molecule has 1 unspecified atom stereocenters. The molecule has 1 atom stereocenters. The van der Waals surface area contributed by atoms with Gasteiger partial charge in [0.05, 0.1) is 10.0 Å². The van der Waals surface area contributed by atoms with Crippen molar-refractivity contribution in [1.82, 2.24) is 4.98 Å². The van der Waals surface area contributed by atoms with Gasteiger partial charge in [0, 0.05) is 40.6 Å². The Morgan fingerprint density at radius 2 is 1.83 bits per heavy atom. The molecule has 1 aromatic heterocycles. The second kappa shape index (κ2) is 9.02. The molecule has 0 saturated carbocycles. The Hall–Kier alpha value is -3.29. The summed E-state index contributed by atoms with van der Waals surface area (Å²) in [7, 11) is 0. The molecule has 30 heavy (non-hydrogen) atoms. The minimum absolute atomic E-state index is 0.230. The molecule has 1 heterocycles. The Morgan fingerprint density at radius 3 is 2.50 bits per heavy atom. The molecule has 0 saturated heterocycles. The van der Waals surface area contributed by atoms with Gasteiger partial charge in [0.15, 0.2) is 0 Å². The van der Waals surface area contributed by atoms with Gasteiger partial charge in [-0.25, -0.2) is 0 Å². The Morgan fingerprint density at radius 1 is 1.13 bits per heavy atom. The number of nitrogen functional groups attached to an aromatic ring is 2. The van der Waals surface area contributed by atoms with Crippen LogP contribution < -0.4 is 21.5 Å². The van der Waals surface area contributed by atoms with Crippen LogP contribution in [0.4, 0.5) is 17.1 Å². The number of aromatic nitrogens is 1. The molecule has 1 amide bonds. The van der Waals surface area contributed by atoms with E-state index < -0.39 is 12.0 Å². The number of hydrogen-bond acceptors (Lipinski definition) is 6. The fraction of sp³-hybridized carbons (Fsp3) is 0.0952. The van der Waals surface area contributed by atoms with Gasteiger partial charge in [-0.1, -0.05) is 29.3 Å². The van der Waals surface area contributed by atoms with E-state index in [9.17, 15) is 4.79 Å². The standard InChI is InChI=1S/C21H19Cl2N5O2/c1-11(19-16(22)9-27-10-17(19)23)30-14-5-6-18(25)15(8-14)20(26)21(29)28-13-4-2-3-12(24)7-13/h2-11,26H,24-25H2,1H3,(H,28,29). The number of nitrogens with one attached hydrogen (secondary N) is 2. The van der Waals surface area contributed by atoms with Crippen molar-refractivity contribution in [3.63, 3.8) is 0 Å². The normalized spacial score (nSPS) is 11.6. The number of halogens is 2. The van der Waals surface area contributed by atoms with Crippen LogP contribution in [-0.2, 0) is 4.79 Å².